The van der Waals surface area contributed by atoms with Gasteiger partial charge in [0.15, 0.2) is 0 Å². The van der Waals surface area contributed by atoms with Crippen LogP contribution >= 0.6 is 0 Å². The van der Waals surface area contributed by atoms with Crippen molar-refractivity contribution in [1.29, 1.82) is 0 Å². The molecule has 0 saturated carbocycles. The predicted octanol–water partition coefficient (Wildman–Crippen LogP) is 4.97. The van der Waals surface area contributed by atoms with Gasteiger partial charge in [-0.2, -0.15) is 13.2 Å². The number of pyridine rings is 2. The summed E-state index contributed by atoms with van der Waals surface area (Å²) < 4.78 is 40.2. The van der Waals surface area contributed by atoms with Gasteiger partial charge in [0.1, 0.15) is 5.82 Å². The molecule has 1 aromatic carbocycles. The zero-order valence-corrected chi connectivity index (χ0v) is 18.0. The van der Waals surface area contributed by atoms with E-state index in [0.717, 1.165) is 28.2 Å². The molecule has 2 aromatic heterocycles. The number of fused-ring (bicyclic) bond motifs is 1. The molecule has 1 aliphatic rings. The van der Waals surface area contributed by atoms with Gasteiger partial charge in [0, 0.05) is 47.0 Å². The number of urea groups is 1. The molecule has 0 radical (unpaired) electrons. The number of carbonyl (C=O) groups excluding carboxylic acids is 1. The first-order valence-electron chi connectivity index (χ1n) is 10.4. The van der Waals surface area contributed by atoms with Crippen LogP contribution in [0.15, 0.2) is 36.4 Å². The summed E-state index contributed by atoms with van der Waals surface area (Å²) >= 11 is 0. The lowest BCUT2D eigenvalue weighted by molar-refractivity contribution is -0.137. The van der Waals surface area contributed by atoms with Crippen molar-refractivity contribution in [2.45, 2.75) is 39.4 Å². The topological polar surface area (TPSA) is 70.2 Å². The lowest BCUT2D eigenvalue weighted by Crippen LogP contribution is -2.40. The Morgan fingerprint density at radius 1 is 1.06 bits per heavy atom. The summed E-state index contributed by atoms with van der Waals surface area (Å²) in [4.78, 5) is 22.8. The van der Waals surface area contributed by atoms with Crippen LogP contribution in [0.3, 0.4) is 0 Å². The fourth-order valence-electron chi connectivity index (χ4n) is 4.13. The van der Waals surface area contributed by atoms with E-state index in [1.807, 2.05) is 38.1 Å². The number of aryl methyl sites for hydroxylation is 3. The molecule has 2 N–H and O–H groups in total. The highest BCUT2D eigenvalue weighted by Crippen LogP contribution is 2.36. The Morgan fingerprint density at radius 3 is 2.59 bits per heavy atom. The maximum atomic E-state index is 13.4. The molecule has 3 aromatic rings. The SMILES string of the molecule is Cc1ccc(C(F)(F)F)c(N2CCC(NC(=O)Nc3cccc4c(C)nc(C)cc34)C2)n1. The van der Waals surface area contributed by atoms with Crippen molar-refractivity contribution in [3.8, 4) is 0 Å². The second-order valence-corrected chi connectivity index (χ2v) is 8.10. The molecule has 1 saturated heterocycles. The maximum absolute atomic E-state index is 13.4. The molecule has 32 heavy (non-hydrogen) atoms. The van der Waals surface area contributed by atoms with Crippen molar-refractivity contribution < 1.29 is 18.0 Å². The number of nitrogens with one attached hydrogen (secondary N) is 2. The lowest BCUT2D eigenvalue weighted by atomic mass is 10.1. The minimum atomic E-state index is -4.49. The number of nitrogens with zero attached hydrogens (tertiary/aromatic N) is 3. The fraction of sp³-hybridized carbons (Fsp3) is 0.348. The highest BCUT2D eigenvalue weighted by molar-refractivity contribution is 6.02. The van der Waals surface area contributed by atoms with Crippen molar-refractivity contribution in [2.75, 3.05) is 23.3 Å². The molecule has 9 heteroatoms. The zero-order chi connectivity index (χ0) is 23.0. The Bertz CT molecular complexity index is 1180. The van der Waals surface area contributed by atoms with Crippen LogP contribution in [0.4, 0.5) is 29.5 Å². The highest BCUT2D eigenvalue weighted by Gasteiger charge is 2.37. The van der Waals surface area contributed by atoms with Crippen molar-refractivity contribution >= 4 is 28.3 Å². The number of amides is 2. The standard InChI is InChI=1S/C23H24F3N5O/c1-13-7-8-19(23(24,25)26)21(28-13)31-10-9-16(12-31)29-22(32)30-20-6-4-5-17-15(3)27-14(2)11-18(17)20/h4-8,11,16H,9-10,12H2,1-3H3,(H2,29,30,32). The van der Waals surface area contributed by atoms with Gasteiger partial charge in [-0.25, -0.2) is 9.78 Å². The number of carbonyl (C=O) groups is 1. The first kappa shape index (κ1) is 21.9. The van der Waals surface area contributed by atoms with Crippen molar-refractivity contribution in [2.24, 2.45) is 0 Å². The average molecular weight is 443 g/mol. The molecule has 1 unspecified atom stereocenters. The molecule has 0 spiro atoms. The van der Waals surface area contributed by atoms with Crippen LogP contribution in [0, 0.1) is 20.8 Å². The van der Waals surface area contributed by atoms with E-state index in [1.165, 1.54) is 6.07 Å². The molecule has 3 heterocycles. The monoisotopic (exact) mass is 443 g/mol. The lowest BCUT2D eigenvalue weighted by Gasteiger charge is -2.22. The van der Waals surface area contributed by atoms with E-state index >= 15 is 0 Å². The average Bonchev–Trinajstić information content (AvgIpc) is 3.16. The summed E-state index contributed by atoms with van der Waals surface area (Å²) in [5, 5.41) is 7.59. The van der Waals surface area contributed by atoms with Crippen LogP contribution < -0.4 is 15.5 Å². The van der Waals surface area contributed by atoms with E-state index in [-0.39, 0.29) is 18.4 Å². The molecule has 6 nitrogen and oxygen atoms in total. The van der Waals surface area contributed by atoms with Gasteiger partial charge < -0.3 is 15.5 Å². The summed E-state index contributed by atoms with van der Waals surface area (Å²) in [6.45, 7) is 6.10. The summed E-state index contributed by atoms with van der Waals surface area (Å²) in [6.07, 6.45) is -3.96. The summed E-state index contributed by atoms with van der Waals surface area (Å²) in [5.41, 5.74) is 2.13. The number of aromatic nitrogens is 2. The van der Waals surface area contributed by atoms with E-state index in [1.54, 1.807) is 11.8 Å². The Labute approximate surface area is 183 Å². The third-order valence-corrected chi connectivity index (χ3v) is 5.58. The second-order valence-electron chi connectivity index (χ2n) is 8.10. The molecular weight excluding hydrogens is 419 g/mol. The Kier molecular flexibility index (Phi) is 5.66. The van der Waals surface area contributed by atoms with Crippen LogP contribution in [0.25, 0.3) is 10.8 Å². The molecular formula is C23H24F3N5O. The van der Waals surface area contributed by atoms with Gasteiger partial charge in [-0.05, 0) is 51.5 Å². The number of anilines is 2. The number of hydrogen-bond donors (Lipinski definition) is 2. The van der Waals surface area contributed by atoms with Crippen molar-refractivity contribution in [3.63, 3.8) is 0 Å². The van der Waals surface area contributed by atoms with E-state index < -0.39 is 17.8 Å². The third-order valence-electron chi connectivity index (χ3n) is 5.58. The number of alkyl halides is 3. The highest BCUT2D eigenvalue weighted by atomic mass is 19.4. The number of benzene rings is 1. The van der Waals surface area contributed by atoms with Gasteiger partial charge in [0.25, 0.3) is 0 Å². The summed E-state index contributed by atoms with van der Waals surface area (Å²) in [7, 11) is 0. The molecule has 1 atom stereocenters. The van der Waals surface area contributed by atoms with Gasteiger partial charge in [-0.1, -0.05) is 12.1 Å². The molecule has 0 bridgehead atoms. The second kappa shape index (κ2) is 8.29. The van der Waals surface area contributed by atoms with Gasteiger partial charge in [0.05, 0.1) is 11.3 Å². The molecule has 4 rings (SSSR count). The molecule has 2 amide bonds. The van der Waals surface area contributed by atoms with E-state index in [2.05, 4.69) is 20.6 Å². The first-order chi connectivity index (χ1) is 15.1. The van der Waals surface area contributed by atoms with Crippen LogP contribution in [0.2, 0.25) is 0 Å². The Balaban J connectivity index is 1.47. The van der Waals surface area contributed by atoms with Crippen LogP contribution in [-0.2, 0) is 6.18 Å². The third kappa shape index (κ3) is 4.46. The molecule has 1 aliphatic heterocycles. The quantitative estimate of drug-likeness (QED) is 0.599. The van der Waals surface area contributed by atoms with E-state index in [9.17, 15) is 18.0 Å². The number of halogens is 3. The van der Waals surface area contributed by atoms with E-state index in [0.29, 0.717) is 24.3 Å². The minimum Gasteiger partial charge on any atom is -0.354 e. The van der Waals surface area contributed by atoms with Gasteiger partial charge in [-0.15, -0.1) is 0 Å². The van der Waals surface area contributed by atoms with Gasteiger partial charge in [-0.3, -0.25) is 4.98 Å². The van der Waals surface area contributed by atoms with E-state index in [4.69, 9.17) is 0 Å². The minimum absolute atomic E-state index is 0.0882. The zero-order valence-electron chi connectivity index (χ0n) is 18.0. The number of rotatable bonds is 3. The van der Waals surface area contributed by atoms with Crippen LogP contribution in [-0.4, -0.2) is 35.1 Å². The largest absolute Gasteiger partial charge is 0.419 e. The Morgan fingerprint density at radius 2 is 1.84 bits per heavy atom. The maximum Gasteiger partial charge on any atom is 0.419 e. The normalized spacial score (nSPS) is 16.4. The molecule has 0 aliphatic carbocycles. The smallest absolute Gasteiger partial charge is 0.354 e. The number of hydrogen-bond acceptors (Lipinski definition) is 4. The van der Waals surface area contributed by atoms with Crippen LogP contribution in [0.1, 0.15) is 29.1 Å². The molecule has 168 valence electrons. The molecule has 1 fully saturated rings. The van der Waals surface area contributed by atoms with Gasteiger partial charge >= 0.3 is 12.2 Å². The van der Waals surface area contributed by atoms with Gasteiger partial charge in [0.2, 0.25) is 0 Å². The Hall–Kier alpha value is -3.36. The predicted molar refractivity (Wildman–Crippen MR) is 118 cm³/mol. The first-order valence-corrected chi connectivity index (χ1v) is 10.4. The van der Waals surface area contributed by atoms with Crippen LogP contribution in [0.5, 0.6) is 0 Å². The van der Waals surface area contributed by atoms with Crippen molar-refractivity contribution in [3.05, 3.63) is 59.0 Å². The summed E-state index contributed by atoms with van der Waals surface area (Å²) in [6, 6.07) is 9.25. The van der Waals surface area contributed by atoms with Crippen molar-refractivity contribution in [1.82, 2.24) is 15.3 Å². The fourth-order valence-corrected chi connectivity index (χ4v) is 4.13. The summed E-state index contributed by atoms with van der Waals surface area (Å²) in [5.74, 6) is -0.0882.